The first-order valence-corrected chi connectivity index (χ1v) is 7.39. The van der Waals surface area contributed by atoms with E-state index in [1.807, 2.05) is 18.5 Å². The highest BCUT2D eigenvalue weighted by Gasteiger charge is 2.11. The van der Waals surface area contributed by atoms with Gasteiger partial charge in [0.15, 0.2) is 0 Å². The van der Waals surface area contributed by atoms with Crippen molar-refractivity contribution in [1.82, 2.24) is 10.3 Å². The predicted molar refractivity (Wildman–Crippen MR) is 88.2 cm³/mol. The van der Waals surface area contributed by atoms with Crippen LogP contribution < -0.4 is 5.32 Å². The molecule has 1 aromatic heterocycles. The Morgan fingerprint density at radius 3 is 2.33 bits per heavy atom. The average Bonchev–Trinajstić information content (AvgIpc) is 2.55. The van der Waals surface area contributed by atoms with Crippen molar-refractivity contribution >= 4 is 10.8 Å². The highest BCUT2D eigenvalue weighted by molar-refractivity contribution is 5.83. The Hall–Kier alpha value is -2.19. The third-order valence-electron chi connectivity index (χ3n) is 3.96. The van der Waals surface area contributed by atoms with Crippen molar-refractivity contribution in [2.24, 2.45) is 0 Å². The van der Waals surface area contributed by atoms with E-state index in [0.29, 0.717) is 6.04 Å². The fourth-order valence-corrected chi connectivity index (χ4v) is 2.68. The molecule has 0 saturated heterocycles. The number of hydrogen-bond donors (Lipinski definition) is 1. The monoisotopic (exact) mass is 276 g/mol. The predicted octanol–water partition coefficient (Wildman–Crippen LogP) is 4.65. The van der Waals surface area contributed by atoms with E-state index in [9.17, 15) is 0 Å². The molecule has 2 aromatic carbocycles. The van der Waals surface area contributed by atoms with Crippen LogP contribution in [0.2, 0.25) is 0 Å². The molecule has 2 atom stereocenters. The molecule has 3 aromatic rings. The highest BCUT2D eigenvalue weighted by atomic mass is 14.9. The van der Waals surface area contributed by atoms with E-state index in [4.69, 9.17) is 0 Å². The fraction of sp³-hybridized carbons (Fsp3) is 0.211. The first-order valence-electron chi connectivity index (χ1n) is 7.39. The summed E-state index contributed by atoms with van der Waals surface area (Å²) in [4.78, 5) is 4.19. The summed E-state index contributed by atoms with van der Waals surface area (Å²) in [5.74, 6) is 0. The molecule has 3 rings (SSSR count). The normalized spacial score (nSPS) is 14.0. The van der Waals surface area contributed by atoms with Gasteiger partial charge in [0.2, 0.25) is 0 Å². The van der Waals surface area contributed by atoms with Gasteiger partial charge in [-0.1, -0.05) is 42.5 Å². The second-order valence-corrected chi connectivity index (χ2v) is 5.50. The number of aromatic nitrogens is 1. The highest BCUT2D eigenvalue weighted by Crippen LogP contribution is 2.22. The van der Waals surface area contributed by atoms with Crippen molar-refractivity contribution in [2.75, 3.05) is 0 Å². The van der Waals surface area contributed by atoms with Gasteiger partial charge in [-0.05, 0) is 47.9 Å². The van der Waals surface area contributed by atoms with Crippen LogP contribution in [0.5, 0.6) is 0 Å². The molecule has 0 aliphatic carbocycles. The van der Waals surface area contributed by atoms with Crippen molar-refractivity contribution in [3.63, 3.8) is 0 Å². The van der Waals surface area contributed by atoms with E-state index in [0.717, 1.165) is 0 Å². The molecule has 0 aliphatic rings. The van der Waals surface area contributed by atoms with Gasteiger partial charge in [0.1, 0.15) is 0 Å². The summed E-state index contributed by atoms with van der Waals surface area (Å²) in [6.07, 6.45) is 3.73. The molecule has 1 unspecified atom stereocenters. The van der Waals surface area contributed by atoms with Gasteiger partial charge in [0.25, 0.3) is 0 Å². The molecule has 0 fully saturated rings. The quantitative estimate of drug-likeness (QED) is 0.750. The average molecular weight is 276 g/mol. The first-order chi connectivity index (χ1) is 10.2. The minimum absolute atomic E-state index is 0.278. The summed E-state index contributed by atoms with van der Waals surface area (Å²) >= 11 is 0. The summed E-state index contributed by atoms with van der Waals surface area (Å²) in [7, 11) is 0. The maximum absolute atomic E-state index is 4.19. The van der Waals surface area contributed by atoms with Crippen LogP contribution in [0.25, 0.3) is 10.8 Å². The Morgan fingerprint density at radius 2 is 1.57 bits per heavy atom. The number of rotatable bonds is 4. The number of hydrogen-bond acceptors (Lipinski definition) is 2. The van der Waals surface area contributed by atoms with Gasteiger partial charge < -0.3 is 5.32 Å². The second kappa shape index (κ2) is 6.06. The maximum atomic E-state index is 4.19. The number of nitrogens with one attached hydrogen (secondary N) is 1. The Labute approximate surface area is 125 Å². The van der Waals surface area contributed by atoms with Crippen LogP contribution in [0.3, 0.4) is 0 Å². The van der Waals surface area contributed by atoms with E-state index < -0.39 is 0 Å². The Bertz CT molecular complexity index is 722. The molecule has 0 aliphatic heterocycles. The van der Waals surface area contributed by atoms with Gasteiger partial charge >= 0.3 is 0 Å². The van der Waals surface area contributed by atoms with E-state index in [1.165, 1.54) is 21.9 Å². The molecular formula is C19H20N2. The van der Waals surface area contributed by atoms with E-state index >= 15 is 0 Å². The zero-order valence-electron chi connectivity index (χ0n) is 12.5. The molecule has 1 heterocycles. The summed E-state index contributed by atoms with van der Waals surface area (Å²) in [6, 6.07) is 19.8. The summed E-state index contributed by atoms with van der Waals surface area (Å²) in [5.41, 5.74) is 2.52. The van der Waals surface area contributed by atoms with Crippen molar-refractivity contribution in [3.8, 4) is 0 Å². The number of benzene rings is 2. The van der Waals surface area contributed by atoms with Gasteiger partial charge in [0, 0.05) is 24.5 Å². The topological polar surface area (TPSA) is 24.9 Å². The van der Waals surface area contributed by atoms with Crippen molar-refractivity contribution in [3.05, 3.63) is 78.1 Å². The number of nitrogens with zero attached hydrogens (tertiary/aromatic N) is 1. The molecule has 106 valence electrons. The molecular weight excluding hydrogens is 256 g/mol. The van der Waals surface area contributed by atoms with Crippen LogP contribution in [0, 0.1) is 0 Å². The lowest BCUT2D eigenvalue weighted by Gasteiger charge is -2.21. The van der Waals surface area contributed by atoms with Gasteiger partial charge in [-0.25, -0.2) is 0 Å². The van der Waals surface area contributed by atoms with Crippen LogP contribution in [-0.2, 0) is 0 Å². The van der Waals surface area contributed by atoms with Crippen LogP contribution >= 0.6 is 0 Å². The van der Waals surface area contributed by atoms with Crippen molar-refractivity contribution in [1.29, 1.82) is 0 Å². The zero-order chi connectivity index (χ0) is 14.7. The zero-order valence-corrected chi connectivity index (χ0v) is 12.5. The first kappa shape index (κ1) is 13.8. The lowest BCUT2D eigenvalue weighted by Crippen LogP contribution is -2.22. The van der Waals surface area contributed by atoms with Crippen LogP contribution in [0.1, 0.15) is 37.1 Å². The summed E-state index contributed by atoms with van der Waals surface area (Å²) in [6.45, 7) is 4.38. The van der Waals surface area contributed by atoms with E-state index in [-0.39, 0.29) is 6.04 Å². The van der Waals surface area contributed by atoms with Gasteiger partial charge in [0.05, 0.1) is 0 Å². The molecule has 2 nitrogen and oxygen atoms in total. The molecule has 0 amide bonds. The smallest absolute Gasteiger partial charge is 0.0315 e. The molecule has 0 spiro atoms. The SMILES string of the molecule is CC(N[C@@H](C)c1cccnc1)c1ccc2ccccc2c1. The largest absolute Gasteiger partial charge is 0.304 e. The molecule has 1 N–H and O–H groups in total. The molecule has 2 heteroatoms. The summed E-state index contributed by atoms with van der Waals surface area (Å²) in [5, 5.41) is 6.21. The lowest BCUT2D eigenvalue weighted by molar-refractivity contribution is 0.494. The molecule has 0 radical (unpaired) electrons. The number of pyridine rings is 1. The Kier molecular flexibility index (Phi) is 3.98. The lowest BCUT2D eigenvalue weighted by atomic mass is 10.0. The second-order valence-electron chi connectivity index (χ2n) is 5.50. The minimum Gasteiger partial charge on any atom is -0.304 e. The van der Waals surface area contributed by atoms with Gasteiger partial charge in [-0.3, -0.25) is 4.98 Å². The maximum Gasteiger partial charge on any atom is 0.0315 e. The Balaban J connectivity index is 1.79. The van der Waals surface area contributed by atoms with Crippen molar-refractivity contribution < 1.29 is 0 Å². The third-order valence-corrected chi connectivity index (χ3v) is 3.96. The molecule has 21 heavy (non-hydrogen) atoms. The fourth-order valence-electron chi connectivity index (χ4n) is 2.68. The molecule has 0 bridgehead atoms. The van der Waals surface area contributed by atoms with Crippen LogP contribution in [-0.4, -0.2) is 4.98 Å². The van der Waals surface area contributed by atoms with Crippen LogP contribution in [0.15, 0.2) is 67.0 Å². The molecule has 0 saturated carbocycles. The Morgan fingerprint density at radius 1 is 0.810 bits per heavy atom. The van der Waals surface area contributed by atoms with E-state index in [1.54, 1.807) is 0 Å². The standard InChI is InChI=1S/C19H20N2/c1-14(21-15(2)19-8-5-11-20-13-19)17-10-9-16-6-3-4-7-18(16)12-17/h3-15,21H,1-2H3/t14?,15-/m0/s1. The third kappa shape index (κ3) is 3.11. The number of fused-ring (bicyclic) bond motifs is 1. The summed E-state index contributed by atoms with van der Waals surface area (Å²) < 4.78 is 0. The minimum atomic E-state index is 0.278. The van der Waals surface area contributed by atoms with Crippen LogP contribution in [0.4, 0.5) is 0 Å². The van der Waals surface area contributed by atoms with Gasteiger partial charge in [-0.15, -0.1) is 0 Å². The van der Waals surface area contributed by atoms with Gasteiger partial charge in [-0.2, -0.15) is 0 Å². The van der Waals surface area contributed by atoms with Crippen molar-refractivity contribution in [2.45, 2.75) is 25.9 Å². The van der Waals surface area contributed by atoms with E-state index in [2.05, 4.69) is 72.7 Å².